The fraction of sp³-hybridized carbons (Fsp3) is 0.364. The molecule has 2 atom stereocenters. The van der Waals surface area contributed by atoms with E-state index in [1.54, 1.807) is 25.5 Å². The second-order valence-corrected chi connectivity index (χ2v) is 8.29. The number of anilines is 1. The minimum Gasteiger partial charge on any atom is -0.487 e. The Bertz CT molecular complexity index is 1020. The predicted octanol–water partition coefficient (Wildman–Crippen LogP) is 2.24. The van der Waals surface area contributed by atoms with E-state index < -0.39 is 5.91 Å². The van der Waals surface area contributed by atoms with Gasteiger partial charge in [0.2, 0.25) is 5.91 Å². The van der Waals surface area contributed by atoms with Crippen molar-refractivity contribution in [2.24, 2.45) is 10.9 Å². The van der Waals surface area contributed by atoms with Gasteiger partial charge in [-0.25, -0.2) is 4.99 Å². The lowest BCUT2D eigenvalue weighted by Gasteiger charge is -2.17. The third-order valence-corrected chi connectivity index (χ3v) is 5.51. The van der Waals surface area contributed by atoms with E-state index in [2.05, 4.69) is 20.9 Å². The molecule has 0 saturated heterocycles. The molecule has 1 saturated carbocycles. The van der Waals surface area contributed by atoms with Crippen LogP contribution >= 0.6 is 0 Å². The average Bonchev–Trinajstić information content (AvgIpc) is 3.44. The van der Waals surface area contributed by atoms with Gasteiger partial charge in [-0.2, -0.15) is 0 Å². The fourth-order valence-corrected chi connectivity index (χ4v) is 4.00. The van der Waals surface area contributed by atoms with Crippen molar-refractivity contribution in [2.45, 2.75) is 38.2 Å². The number of nitrogens with one attached hydrogen (secondary N) is 4. The third kappa shape index (κ3) is 3.72. The first-order valence-corrected chi connectivity index (χ1v) is 9.92. The summed E-state index contributed by atoms with van der Waals surface area (Å²) in [6.07, 6.45) is 7.34. The molecule has 1 fully saturated rings. The van der Waals surface area contributed by atoms with E-state index in [4.69, 9.17) is 10.1 Å². The molecule has 0 radical (unpaired) electrons. The number of amides is 2. The van der Waals surface area contributed by atoms with E-state index in [-0.39, 0.29) is 28.9 Å². The third-order valence-electron chi connectivity index (χ3n) is 5.51. The predicted molar refractivity (Wildman–Crippen MR) is 115 cm³/mol. The second kappa shape index (κ2) is 7.44. The summed E-state index contributed by atoms with van der Waals surface area (Å²) in [7, 11) is 1.63. The first kappa shape index (κ1) is 19.9. The number of aliphatic imine (C=N–C) groups is 1. The molecule has 2 aliphatic heterocycles. The minimum absolute atomic E-state index is 0.00569. The lowest BCUT2D eigenvalue weighted by molar-refractivity contribution is -0.121. The van der Waals surface area contributed by atoms with E-state index in [0.29, 0.717) is 11.5 Å². The zero-order valence-corrected chi connectivity index (χ0v) is 17.2. The summed E-state index contributed by atoms with van der Waals surface area (Å²) in [5, 5.41) is 16.2. The summed E-state index contributed by atoms with van der Waals surface area (Å²) in [4.78, 5) is 29.2. The Balaban J connectivity index is 1.67. The van der Waals surface area contributed by atoms with E-state index in [1.165, 1.54) is 0 Å². The largest absolute Gasteiger partial charge is 0.487 e. The molecule has 1 aromatic carbocycles. The highest BCUT2D eigenvalue weighted by Crippen LogP contribution is 2.52. The molecule has 0 aromatic heterocycles. The summed E-state index contributed by atoms with van der Waals surface area (Å²) in [5.74, 6) is 0.568. The summed E-state index contributed by atoms with van der Waals surface area (Å²) in [6.45, 7) is 4.04. The molecule has 2 heterocycles. The van der Waals surface area contributed by atoms with Crippen molar-refractivity contribution in [3.8, 4) is 5.75 Å². The zero-order chi connectivity index (χ0) is 21.5. The molecule has 2 amide bonds. The van der Waals surface area contributed by atoms with Crippen molar-refractivity contribution in [3.05, 3.63) is 46.9 Å². The van der Waals surface area contributed by atoms with E-state index in [0.717, 1.165) is 35.9 Å². The molecule has 0 spiro atoms. The summed E-state index contributed by atoms with van der Waals surface area (Å²) in [6, 6.07) is 3.88. The van der Waals surface area contributed by atoms with Gasteiger partial charge in [-0.1, -0.05) is 0 Å². The lowest BCUT2D eigenvalue weighted by Crippen LogP contribution is -2.24. The Hall–Kier alpha value is -3.42. The number of hydrogen-bond acceptors (Lipinski definition) is 6. The molecule has 156 valence electrons. The summed E-state index contributed by atoms with van der Waals surface area (Å²) >= 11 is 0. The highest BCUT2D eigenvalue weighted by atomic mass is 16.5. The highest BCUT2D eigenvalue weighted by Gasteiger charge is 2.45. The molecule has 4 N–H and O–H groups in total. The number of carbonyl (C=O) groups excluding carboxylic acids is 2. The van der Waals surface area contributed by atoms with Gasteiger partial charge < -0.3 is 26.1 Å². The van der Waals surface area contributed by atoms with Crippen molar-refractivity contribution in [2.75, 3.05) is 12.4 Å². The van der Waals surface area contributed by atoms with Gasteiger partial charge >= 0.3 is 0 Å². The smallest absolute Gasteiger partial charge is 0.260 e. The molecule has 4 rings (SSSR count). The molecule has 8 heteroatoms. The van der Waals surface area contributed by atoms with E-state index in [9.17, 15) is 9.59 Å². The minimum atomic E-state index is -0.434. The molecule has 1 aliphatic carbocycles. The van der Waals surface area contributed by atoms with Crippen LogP contribution in [-0.2, 0) is 16.0 Å². The molecule has 2 unspecified atom stereocenters. The van der Waals surface area contributed by atoms with Crippen molar-refractivity contribution in [1.29, 1.82) is 5.41 Å². The number of hydrogen-bond donors (Lipinski definition) is 4. The Morgan fingerprint density at radius 1 is 1.37 bits per heavy atom. The van der Waals surface area contributed by atoms with Gasteiger partial charge in [-0.15, -0.1) is 0 Å². The lowest BCUT2D eigenvalue weighted by atomic mass is 9.97. The SMILES string of the molecule is CNC(=O)C1CC1c1cc2c(cc1NC(=O)/C(C=N)=C1\N=CC=CN1)CC(C)(C)O2. The van der Waals surface area contributed by atoms with Crippen LogP contribution in [0.5, 0.6) is 5.75 Å². The Morgan fingerprint density at radius 3 is 2.83 bits per heavy atom. The molecular formula is C22H25N5O3. The topological polar surface area (TPSA) is 116 Å². The van der Waals surface area contributed by atoms with Crippen LogP contribution in [-0.4, -0.2) is 36.9 Å². The number of benzene rings is 1. The van der Waals surface area contributed by atoms with Crippen LogP contribution in [0.3, 0.4) is 0 Å². The van der Waals surface area contributed by atoms with Gasteiger partial charge in [0.15, 0.2) is 0 Å². The molecule has 3 aliphatic rings. The Kier molecular flexibility index (Phi) is 4.93. The zero-order valence-electron chi connectivity index (χ0n) is 17.2. The van der Waals surface area contributed by atoms with E-state index in [1.807, 2.05) is 26.0 Å². The van der Waals surface area contributed by atoms with Gasteiger partial charge in [0.1, 0.15) is 17.2 Å². The maximum atomic E-state index is 13.0. The molecule has 0 bridgehead atoms. The van der Waals surface area contributed by atoms with Gasteiger partial charge in [0.25, 0.3) is 5.91 Å². The maximum Gasteiger partial charge on any atom is 0.260 e. The van der Waals surface area contributed by atoms with Crippen molar-refractivity contribution in [3.63, 3.8) is 0 Å². The number of fused-ring (bicyclic) bond motifs is 1. The van der Waals surface area contributed by atoms with Gasteiger partial charge in [0, 0.05) is 49.3 Å². The number of allylic oxidation sites excluding steroid dienone is 1. The Labute approximate surface area is 175 Å². The molecular weight excluding hydrogens is 382 g/mol. The first-order valence-electron chi connectivity index (χ1n) is 9.92. The van der Waals surface area contributed by atoms with Gasteiger partial charge in [-0.3, -0.25) is 9.59 Å². The van der Waals surface area contributed by atoms with Gasteiger partial charge in [0.05, 0.1) is 5.57 Å². The fourth-order valence-electron chi connectivity index (χ4n) is 4.00. The van der Waals surface area contributed by atoms with Crippen LogP contribution in [0, 0.1) is 11.3 Å². The number of carbonyl (C=O) groups is 2. The average molecular weight is 407 g/mol. The first-order chi connectivity index (χ1) is 14.3. The van der Waals surface area contributed by atoms with Crippen LogP contribution in [0.2, 0.25) is 0 Å². The summed E-state index contributed by atoms with van der Waals surface area (Å²) in [5.41, 5.74) is 2.34. The Morgan fingerprint density at radius 2 is 2.17 bits per heavy atom. The highest BCUT2D eigenvalue weighted by molar-refractivity contribution is 6.18. The van der Waals surface area contributed by atoms with Crippen LogP contribution in [0.25, 0.3) is 0 Å². The monoisotopic (exact) mass is 407 g/mol. The number of nitrogens with zero attached hydrogens (tertiary/aromatic N) is 1. The molecule has 30 heavy (non-hydrogen) atoms. The number of ether oxygens (including phenoxy) is 1. The van der Waals surface area contributed by atoms with Crippen LogP contribution in [0.4, 0.5) is 5.69 Å². The van der Waals surface area contributed by atoms with Crippen molar-refractivity contribution >= 4 is 29.9 Å². The normalized spacial score (nSPS) is 24.2. The quantitative estimate of drug-likeness (QED) is 0.442. The van der Waals surface area contributed by atoms with Crippen LogP contribution in [0.1, 0.15) is 37.3 Å². The summed E-state index contributed by atoms with van der Waals surface area (Å²) < 4.78 is 6.06. The number of rotatable bonds is 5. The van der Waals surface area contributed by atoms with Crippen molar-refractivity contribution < 1.29 is 14.3 Å². The van der Waals surface area contributed by atoms with Crippen LogP contribution in [0.15, 0.2) is 40.8 Å². The van der Waals surface area contributed by atoms with Crippen molar-refractivity contribution in [1.82, 2.24) is 10.6 Å². The second-order valence-electron chi connectivity index (χ2n) is 8.29. The van der Waals surface area contributed by atoms with E-state index >= 15 is 0 Å². The molecule has 8 nitrogen and oxygen atoms in total. The standard InChI is InChI=1S/C22H25N5O3/c1-22(2)10-12-7-17(27-21(29)16(11-23)19-25-5-4-6-26-19)14(9-18(12)30-22)13-8-15(13)20(28)24-3/h4-7,9,11,13,15,23,25H,8,10H2,1-3H3,(H,24,28)(H,27,29)/b19-16-,23-11?. The maximum absolute atomic E-state index is 13.0. The van der Waals surface area contributed by atoms with Gasteiger partial charge in [-0.05, 0) is 50.0 Å². The van der Waals surface area contributed by atoms with Crippen LogP contribution < -0.4 is 20.7 Å². The molecule has 1 aromatic rings.